The summed E-state index contributed by atoms with van der Waals surface area (Å²) in [5.41, 5.74) is 0. The van der Waals surface area contributed by atoms with Gasteiger partial charge in [0.1, 0.15) is 5.82 Å². The number of anilines is 1. The number of pyridine rings is 1. The minimum absolute atomic E-state index is 0.405. The topological polar surface area (TPSA) is 46.2 Å². The van der Waals surface area contributed by atoms with Crippen LogP contribution in [-0.4, -0.2) is 31.2 Å². The number of hydrogen-bond acceptors (Lipinski definition) is 4. The standard InChI is InChI=1S/C10H14ClN3O/c1-15-9-3-2-8(11)10(14-9)13-7-4-5-12-6-7/h2-3,7,12H,4-6H2,1H3,(H,13,14). The van der Waals surface area contributed by atoms with Crippen LogP contribution >= 0.6 is 11.6 Å². The van der Waals surface area contributed by atoms with Gasteiger partial charge in [-0.15, -0.1) is 0 Å². The number of aromatic nitrogens is 1. The molecule has 1 fully saturated rings. The molecule has 0 saturated carbocycles. The van der Waals surface area contributed by atoms with Crippen LogP contribution in [0.25, 0.3) is 0 Å². The second-order valence-corrected chi connectivity index (χ2v) is 3.93. The molecule has 4 nitrogen and oxygen atoms in total. The Labute approximate surface area is 94.0 Å². The number of methoxy groups -OCH3 is 1. The molecular formula is C10H14ClN3O. The predicted molar refractivity (Wildman–Crippen MR) is 60.7 cm³/mol. The summed E-state index contributed by atoms with van der Waals surface area (Å²) < 4.78 is 5.05. The Morgan fingerprint density at radius 1 is 1.60 bits per heavy atom. The van der Waals surface area contributed by atoms with Gasteiger partial charge in [0.05, 0.1) is 12.1 Å². The third-order valence-corrected chi connectivity index (χ3v) is 2.74. The molecule has 82 valence electrons. The van der Waals surface area contributed by atoms with Gasteiger partial charge in [-0.2, -0.15) is 4.98 Å². The summed E-state index contributed by atoms with van der Waals surface area (Å²) in [6.45, 7) is 1.99. The highest BCUT2D eigenvalue weighted by Gasteiger charge is 2.16. The summed E-state index contributed by atoms with van der Waals surface area (Å²) in [6.07, 6.45) is 1.09. The molecule has 0 amide bonds. The van der Waals surface area contributed by atoms with E-state index in [-0.39, 0.29) is 0 Å². The van der Waals surface area contributed by atoms with Crippen molar-refractivity contribution in [2.45, 2.75) is 12.5 Å². The highest BCUT2D eigenvalue weighted by molar-refractivity contribution is 6.32. The molecule has 1 unspecified atom stereocenters. The van der Waals surface area contributed by atoms with Crippen LogP contribution in [0, 0.1) is 0 Å². The highest BCUT2D eigenvalue weighted by atomic mass is 35.5. The van der Waals surface area contributed by atoms with Crippen LogP contribution in [0.1, 0.15) is 6.42 Å². The third-order valence-electron chi connectivity index (χ3n) is 2.43. The lowest BCUT2D eigenvalue weighted by Gasteiger charge is -2.13. The highest BCUT2D eigenvalue weighted by Crippen LogP contribution is 2.23. The molecule has 1 aromatic rings. The quantitative estimate of drug-likeness (QED) is 0.822. The van der Waals surface area contributed by atoms with Crippen molar-refractivity contribution in [1.29, 1.82) is 0 Å². The molecule has 2 N–H and O–H groups in total. The molecule has 1 saturated heterocycles. The predicted octanol–water partition coefficient (Wildman–Crippen LogP) is 1.52. The third kappa shape index (κ3) is 2.52. The van der Waals surface area contributed by atoms with Crippen LogP contribution in [0.3, 0.4) is 0 Å². The zero-order chi connectivity index (χ0) is 10.7. The van der Waals surface area contributed by atoms with E-state index in [2.05, 4.69) is 15.6 Å². The van der Waals surface area contributed by atoms with E-state index in [0.29, 0.717) is 22.8 Å². The van der Waals surface area contributed by atoms with Crippen molar-refractivity contribution >= 4 is 17.4 Å². The van der Waals surface area contributed by atoms with Crippen LogP contribution in [0.15, 0.2) is 12.1 Å². The molecule has 0 aromatic carbocycles. The van der Waals surface area contributed by atoms with E-state index < -0.39 is 0 Å². The second kappa shape index (κ2) is 4.68. The molecule has 1 aliphatic heterocycles. The maximum atomic E-state index is 6.03. The Hall–Kier alpha value is -1.00. The first-order chi connectivity index (χ1) is 7.29. The first kappa shape index (κ1) is 10.5. The molecule has 0 aliphatic carbocycles. The van der Waals surface area contributed by atoms with Gasteiger partial charge < -0.3 is 15.4 Å². The van der Waals surface area contributed by atoms with E-state index >= 15 is 0 Å². The average Bonchev–Trinajstić information content (AvgIpc) is 2.74. The van der Waals surface area contributed by atoms with Crippen molar-refractivity contribution in [2.24, 2.45) is 0 Å². The van der Waals surface area contributed by atoms with E-state index in [9.17, 15) is 0 Å². The summed E-state index contributed by atoms with van der Waals surface area (Å²) in [5.74, 6) is 1.28. The number of ether oxygens (including phenoxy) is 1. The molecule has 5 heteroatoms. The lowest BCUT2D eigenvalue weighted by molar-refractivity contribution is 0.398. The summed E-state index contributed by atoms with van der Waals surface area (Å²) in [4.78, 5) is 4.26. The van der Waals surface area contributed by atoms with Gasteiger partial charge in [-0.1, -0.05) is 11.6 Å². The van der Waals surface area contributed by atoms with Gasteiger partial charge in [0.25, 0.3) is 0 Å². The average molecular weight is 228 g/mol. The number of nitrogens with one attached hydrogen (secondary N) is 2. The van der Waals surface area contributed by atoms with Crippen molar-refractivity contribution in [3.8, 4) is 5.88 Å². The van der Waals surface area contributed by atoms with Crippen LogP contribution in [-0.2, 0) is 0 Å². The molecule has 2 rings (SSSR count). The molecule has 2 heterocycles. The van der Waals surface area contributed by atoms with E-state index in [0.717, 1.165) is 19.5 Å². The lowest BCUT2D eigenvalue weighted by atomic mass is 10.2. The van der Waals surface area contributed by atoms with Gasteiger partial charge in [0, 0.05) is 18.7 Å². The fraction of sp³-hybridized carbons (Fsp3) is 0.500. The molecule has 1 atom stereocenters. The normalized spacial score (nSPS) is 20.3. The summed E-state index contributed by atoms with van der Waals surface area (Å²) in [7, 11) is 1.59. The van der Waals surface area contributed by atoms with Crippen molar-refractivity contribution < 1.29 is 4.74 Å². The zero-order valence-electron chi connectivity index (χ0n) is 8.59. The molecular weight excluding hydrogens is 214 g/mol. The SMILES string of the molecule is COc1ccc(Cl)c(NC2CCNC2)n1. The number of hydrogen-bond donors (Lipinski definition) is 2. The van der Waals surface area contributed by atoms with Crippen LogP contribution in [0.5, 0.6) is 5.88 Å². The van der Waals surface area contributed by atoms with Gasteiger partial charge in [0.15, 0.2) is 0 Å². The second-order valence-electron chi connectivity index (χ2n) is 3.52. The van der Waals surface area contributed by atoms with E-state index in [1.165, 1.54) is 0 Å². The maximum Gasteiger partial charge on any atom is 0.214 e. The minimum Gasteiger partial charge on any atom is -0.481 e. The zero-order valence-corrected chi connectivity index (χ0v) is 9.34. The fourth-order valence-electron chi connectivity index (χ4n) is 1.61. The van der Waals surface area contributed by atoms with E-state index in [1.54, 1.807) is 19.2 Å². The Bertz CT molecular complexity index is 339. The monoisotopic (exact) mass is 227 g/mol. The van der Waals surface area contributed by atoms with Crippen LogP contribution in [0.4, 0.5) is 5.82 Å². The first-order valence-corrected chi connectivity index (χ1v) is 5.35. The number of halogens is 1. The van der Waals surface area contributed by atoms with Crippen molar-refractivity contribution in [3.05, 3.63) is 17.2 Å². The van der Waals surface area contributed by atoms with Crippen LogP contribution in [0.2, 0.25) is 5.02 Å². The van der Waals surface area contributed by atoms with Gasteiger partial charge in [-0.05, 0) is 19.0 Å². The molecule has 1 aliphatic rings. The Kier molecular flexibility index (Phi) is 3.28. The Morgan fingerprint density at radius 2 is 2.47 bits per heavy atom. The van der Waals surface area contributed by atoms with Gasteiger partial charge in [-0.3, -0.25) is 0 Å². The molecule has 0 bridgehead atoms. The number of nitrogens with zero attached hydrogens (tertiary/aromatic N) is 1. The first-order valence-electron chi connectivity index (χ1n) is 4.97. The van der Waals surface area contributed by atoms with E-state index in [1.807, 2.05) is 0 Å². The smallest absolute Gasteiger partial charge is 0.214 e. The molecule has 15 heavy (non-hydrogen) atoms. The minimum atomic E-state index is 0.405. The van der Waals surface area contributed by atoms with E-state index in [4.69, 9.17) is 16.3 Å². The number of rotatable bonds is 3. The van der Waals surface area contributed by atoms with Crippen molar-refractivity contribution in [3.63, 3.8) is 0 Å². The van der Waals surface area contributed by atoms with Gasteiger partial charge in [-0.25, -0.2) is 0 Å². The van der Waals surface area contributed by atoms with Crippen LogP contribution < -0.4 is 15.4 Å². The Morgan fingerprint density at radius 3 is 3.13 bits per heavy atom. The molecule has 0 radical (unpaired) electrons. The fourth-order valence-corrected chi connectivity index (χ4v) is 1.77. The molecule has 0 spiro atoms. The van der Waals surface area contributed by atoms with Crippen molar-refractivity contribution in [2.75, 3.05) is 25.5 Å². The van der Waals surface area contributed by atoms with Gasteiger partial charge in [0.2, 0.25) is 5.88 Å². The maximum absolute atomic E-state index is 6.03. The van der Waals surface area contributed by atoms with Gasteiger partial charge >= 0.3 is 0 Å². The molecule has 1 aromatic heterocycles. The summed E-state index contributed by atoms with van der Waals surface area (Å²) >= 11 is 6.03. The summed E-state index contributed by atoms with van der Waals surface area (Å²) in [5, 5.41) is 7.20. The lowest BCUT2D eigenvalue weighted by Crippen LogP contribution is -2.22. The largest absolute Gasteiger partial charge is 0.481 e. The van der Waals surface area contributed by atoms with Crippen molar-refractivity contribution in [1.82, 2.24) is 10.3 Å². The summed E-state index contributed by atoms with van der Waals surface area (Å²) in [6, 6.07) is 3.94. The Balaban J connectivity index is 2.11.